The third-order valence-electron chi connectivity index (χ3n) is 4.07. The molecular formula is C16H22FNO2. The third-order valence-corrected chi connectivity index (χ3v) is 4.07. The van der Waals surface area contributed by atoms with Gasteiger partial charge in [0, 0.05) is 19.5 Å². The van der Waals surface area contributed by atoms with Crippen LogP contribution in [0, 0.1) is 18.7 Å². The number of aliphatic carboxylic acids is 1. The molecule has 1 fully saturated rings. The van der Waals surface area contributed by atoms with E-state index in [9.17, 15) is 9.18 Å². The van der Waals surface area contributed by atoms with Gasteiger partial charge >= 0.3 is 5.97 Å². The fourth-order valence-corrected chi connectivity index (χ4v) is 2.91. The molecule has 2 rings (SSSR count). The molecular weight excluding hydrogens is 257 g/mol. The van der Waals surface area contributed by atoms with Gasteiger partial charge < -0.3 is 5.11 Å². The van der Waals surface area contributed by atoms with Crippen LogP contribution >= 0.6 is 0 Å². The highest BCUT2D eigenvalue weighted by atomic mass is 19.1. The molecule has 0 amide bonds. The number of aryl methyl sites for hydroxylation is 1. The van der Waals surface area contributed by atoms with Crippen molar-refractivity contribution in [1.29, 1.82) is 0 Å². The Morgan fingerprint density at radius 1 is 1.50 bits per heavy atom. The molecule has 1 heterocycles. The second-order valence-electron chi connectivity index (χ2n) is 5.75. The molecule has 3 nitrogen and oxygen atoms in total. The highest BCUT2D eigenvalue weighted by Crippen LogP contribution is 2.23. The average molecular weight is 279 g/mol. The highest BCUT2D eigenvalue weighted by Gasteiger charge is 2.21. The Bertz CT molecular complexity index is 476. The summed E-state index contributed by atoms with van der Waals surface area (Å²) in [5.41, 5.74) is 2.14. The molecule has 110 valence electrons. The van der Waals surface area contributed by atoms with Gasteiger partial charge in [-0.15, -0.1) is 0 Å². The van der Waals surface area contributed by atoms with Gasteiger partial charge in [-0.2, -0.15) is 0 Å². The molecule has 20 heavy (non-hydrogen) atoms. The highest BCUT2D eigenvalue weighted by molar-refractivity contribution is 5.66. The van der Waals surface area contributed by atoms with E-state index in [1.165, 1.54) is 6.07 Å². The van der Waals surface area contributed by atoms with Crippen LogP contribution < -0.4 is 0 Å². The predicted octanol–water partition coefficient (Wildman–Crippen LogP) is 3.21. The first-order valence-electron chi connectivity index (χ1n) is 7.24. The van der Waals surface area contributed by atoms with Crippen LogP contribution in [0.3, 0.4) is 0 Å². The molecule has 0 aliphatic carbocycles. The van der Waals surface area contributed by atoms with Crippen molar-refractivity contribution in [2.75, 3.05) is 13.1 Å². The maximum atomic E-state index is 13.3. The van der Waals surface area contributed by atoms with Crippen LogP contribution in [-0.4, -0.2) is 29.1 Å². The van der Waals surface area contributed by atoms with Gasteiger partial charge in [0.1, 0.15) is 5.82 Å². The summed E-state index contributed by atoms with van der Waals surface area (Å²) in [7, 11) is 0. The van der Waals surface area contributed by atoms with Gasteiger partial charge in [-0.1, -0.05) is 6.07 Å². The van der Waals surface area contributed by atoms with Crippen LogP contribution in [0.25, 0.3) is 0 Å². The molecule has 1 aliphatic rings. The van der Waals surface area contributed by atoms with Crippen molar-refractivity contribution in [3.8, 4) is 0 Å². The number of nitrogens with zero attached hydrogens (tertiary/aromatic N) is 1. The lowest BCUT2D eigenvalue weighted by Gasteiger charge is -2.33. The smallest absolute Gasteiger partial charge is 0.303 e. The minimum absolute atomic E-state index is 0.190. The number of halogens is 1. The molecule has 4 heteroatoms. The maximum Gasteiger partial charge on any atom is 0.303 e. The van der Waals surface area contributed by atoms with Crippen molar-refractivity contribution in [3.63, 3.8) is 0 Å². The van der Waals surface area contributed by atoms with Crippen LogP contribution in [0.2, 0.25) is 0 Å². The number of carboxylic acids is 1. The first-order chi connectivity index (χ1) is 9.54. The van der Waals surface area contributed by atoms with Crippen LogP contribution in [0.4, 0.5) is 4.39 Å². The molecule has 0 saturated carbocycles. The van der Waals surface area contributed by atoms with Gasteiger partial charge in [0.2, 0.25) is 0 Å². The lowest BCUT2D eigenvalue weighted by Crippen LogP contribution is -2.35. The summed E-state index contributed by atoms with van der Waals surface area (Å²) < 4.78 is 13.3. The zero-order valence-electron chi connectivity index (χ0n) is 11.9. The average Bonchev–Trinajstić information content (AvgIpc) is 2.41. The van der Waals surface area contributed by atoms with Gasteiger partial charge in [-0.05, 0) is 61.9 Å². The molecule has 1 saturated heterocycles. The summed E-state index contributed by atoms with van der Waals surface area (Å²) in [6, 6.07) is 4.91. The standard InChI is InChI=1S/C16H22FNO2/c1-12-4-6-15(17)9-14(12)11-18-8-2-3-13(10-18)5-7-16(19)20/h4,6,9,13H,2-3,5,7-8,10-11H2,1H3,(H,19,20). The maximum absolute atomic E-state index is 13.3. The summed E-state index contributed by atoms with van der Waals surface area (Å²) in [6.07, 6.45) is 3.19. The Labute approximate surface area is 119 Å². The molecule has 1 aliphatic heterocycles. The second kappa shape index (κ2) is 6.84. The number of hydrogen-bond donors (Lipinski definition) is 1. The Morgan fingerprint density at radius 3 is 3.05 bits per heavy atom. The van der Waals surface area contributed by atoms with E-state index in [1.54, 1.807) is 6.07 Å². The molecule has 0 bridgehead atoms. The van der Waals surface area contributed by atoms with E-state index < -0.39 is 5.97 Å². The molecule has 1 atom stereocenters. The van der Waals surface area contributed by atoms with Crippen LogP contribution in [-0.2, 0) is 11.3 Å². The SMILES string of the molecule is Cc1ccc(F)cc1CN1CCCC(CCC(=O)O)C1. The van der Waals surface area contributed by atoms with Gasteiger partial charge in [0.05, 0.1) is 0 Å². The van der Waals surface area contributed by atoms with Crippen molar-refractivity contribution >= 4 is 5.97 Å². The summed E-state index contributed by atoms with van der Waals surface area (Å²) in [4.78, 5) is 13.0. The largest absolute Gasteiger partial charge is 0.481 e. The summed E-state index contributed by atoms with van der Waals surface area (Å²) in [5.74, 6) is -0.457. The zero-order chi connectivity index (χ0) is 14.5. The van der Waals surface area contributed by atoms with Crippen molar-refractivity contribution in [2.45, 2.75) is 39.2 Å². The molecule has 1 N–H and O–H groups in total. The fourth-order valence-electron chi connectivity index (χ4n) is 2.91. The van der Waals surface area contributed by atoms with Gasteiger partial charge in [0.15, 0.2) is 0 Å². The topological polar surface area (TPSA) is 40.5 Å². The summed E-state index contributed by atoms with van der Waals surface area (Å²) >= 11 is 0. The lowest BCUT2D eigenvalue weighted by atomic mass is 9.93. The van der Waals surface area contributed by atoms with Crippen LogP contribution in [0.1, 0.15) is 36.8 Å². The molecule has 1 aromatic carbocycles. The predicted molar refractivity (Wildman–Crippen MR) is 76.0 cm³/mol. The Hall–Kier alpha value is -1.42. The number of rotatable bonds is 5. The number of likely N-dealkylation sites (tertiary alicyclic amines) is 1. The third kappa shape index (κ3) is 4.30. The first-order valence-corrected chi connectivity index (χ1v) is 7.24. The minimum Gasteiger partial charge on any atom is -0.481 e. The number of piperidine rings is 1. The van der Waals surface area contributed by atoms with Gasteiger partial charge in [0.25, 0.3) is 0 Å². The summed E-state index contributed by atoms with van der Waals surface area (Å²) in [5, 5.41) is 8.76. The minimum atomic E-state index is -0.719. The molecule has 0 spiro atoms. The normalized spacial score (nSPS) is 20.0. The van der Waals surface area contributed by atoms with E-state index in [-0.39, 0.29) is 12.2 Å². The van der Waals surface area contributed by atoms with E-state index in [0.717, 1.165) is 50.0 Å². The molecule has 0 radical (unpaired) electrons. The van der Waals surface area contributed by atoms with E-state index in [4.69, 9.17) is 5.11 Å². The van der Waals surface area contributed by atoms with Crippen molar-refractivity contribution in [1.82, 2.24) is 4.90 Å². The second-order valence-corrected chi connectivity index (χ2v) is 5.75. The lowest BCUT2D eigenvalue weighted by molar-refractivity contribution is -0.137. The number of hydrogen-bond acceptors (Lipinski definition) is 2. The first kappa shape index (κ1) is 15.0. The van der Waals surface area contributed by atoms with E-state index >= 15 is 0 Å². The Morgan fingerprint density at radius 2 is 2.30 bits per heavy atom. The Kier molecular flexibility index (Phi) is 5.12. The van der Waals surface area contributed by atoms with E-state index in [0.29, 0.717) is 5.92 Å². The van der Waals surface area contributed by atoms with Crippen LogP contribution in [0.5, 0.6) is 0 Å². The monoisotopic (exact) mass is 279 g/mol. The number of carboxylic acid groups (broad SMARTS) is 1. The zero-order valence-corrected chi connectivity index (χ0v) is 11.9. The molecule has 1 unspecified atom stereocenters. The Balaban J connectivity index is 1.92. The summed E-state index contributed by atoms with van der Waals surface area (Å²) in [6.45, 7) is 4.69. The molecule has 1 aromatic rings. The van der Waals surface area contributed by atoms with Crippen LogP contribution in [0.15, 0.2) is 18.2 Å². The van der Waals surface area contributed by atoms with Gasteiger partial charge in [-0.25, -0.2) is 4.39 Å². The van der Waals surface area contributed by atoms with E-state index in [1.807, 2.05) is 13.0 Å². The molecule has 0 aromatic heterocycles. The van der Waals surface area contributed by atoms with Crippen molar-refractivity contribution in [2.24, 2.45) is 5.92 Å². The quantitative estimate of drug-likeness (QED) is 0.899. The number of carbonyl (C=O) groups is 1. The van der Waals surface area contributed by atoms with Crippen molar-refractivity contribution < 1.29 is 14.3 Å². The van der Waals surface area contributed by atoms with Crippen molar-refractivity contribution in [3.05, 3.63) is 35.1 Å². The fraction of sp³-hybridized carbons (Fsp3) is 0.562. The van der Waals surface area contributed by atoms with E-state index in [2.05, 4.69) is 4.90 Å². The number of benzene rings is 1. The van der Waals surface area contributed by atoms with Gasteiger partial charge in [-0.3, -0.25) is 9.69 Å².